The lowest BCUT2D eigenvalue weighted by Crippen LogP contribution is -2.09. The average molecular weight is 324 g/mol. The molecule has 1 N–H and O–H groups in total. The number of ether oxygens (including phenoxy) is 1. The number of halogens is 1. The molecule has 0 bridgehead atoms. The lowest BCUT2D eigenvalue weighted by Gasteiger charge is -2.03. The normalized spacial score (nSPS) is 10.6. The van der Waals surface area contributed by atoms with Crippen LogP contribution in [0.2, 0.25) is 5.02 Å². The van der Waals surface area contributed by atoms with Crippen LogP contribution in [0.5, 0.6) is 0 Å². The minimum Gasteiger partial charge on any atom is -0.463 e. The zero-order chi connectivity index (χ0) is 16.2. The summed E-state index contributed by atoms with van der Waals surface area (Å²) in [5.74, 6) is -0.904. The van der Waals surface area contributed by atoms with Gasteiger partial charge in [0, 0.05) is 22.9 Å². The van der Waals surface area contributed by atoms with Gasteiger partial charge in [-0.15, -0.1) is 0 Å². The van der Waals surface area contributed by atoms with E-state index in [9.17, 15) is 9.59 Å². The van der Waals surface area contributed by atoms with Gasteiger partial charge in [0.15, 0.2) is 0 Å². The summed E-state index contributed by atoms with van der Waals surface area (Å²) in [6.07, 6.45) is 7.74. The van der Waals surface area contributed by atoms with E-state index < -0.39 is 11.9 Å². The summed E-state index contributed by atoms with van der Waals surface area (Å²) in [6.45, 7) is 2.54. The number of carbonyl (C=O) groups is 2. The number of hydrogen-bond acceptors (Lipinski definition) is 3. The van der Waals surface area contributed by atoms with Crippen LogP contribution in [-0.4, -0.2) is 18.5 Å². The van der Waals surface area contributed by atoms with Crippen LogP contribution in [0.4, 0.5) is 5.69 Å². The first-order chi connectivity index (χ1) is 10.6. The summed E-state index contributed by atoms with van der Waals surface area (Å²) < 4.78 is 5.02. The maximum Gasteiger partial charge on any atom is 0.330 e. The fourth-order valence-corrected chi connectivity index (χ4v) is 2.01. The van der Waals surface area contributed by atoms with E-state index >= 15 is 0 Å². The highest BCUT2D eigenvalue weighted by Gasteiger charge is 2.01. The van der Waals surface area contributed by atoms with Gasteiger partial charge in [0.25, 0.3) is 0 Å². The molecule has 1 rings (SSSR count). The molecule has 0 unspecified atom stereocenters. The third kappa shape index (κ3) is 8.47. The lowest BCUT2D eigenvalue weighted by molar-refractivity contribution is -0.138. The van der Waals surface area contributed by atoms with Crippen LogP contribution in [0, 0.1) is 0 Å². The highest BCUT2D eigenvalue weighted by molar-refractivity contribution is 6.30. The van der Waals surface area contributed by atoms with Gasteiger partial charge in [-0.1, -0.05) is 50.3 Å². The third-order valence-corrected chi connectivity index (χ3v) is 3.19. The van der Waals surface area contributed by atoms with Gasteiger partial charge < -0.3 is 10.1 Å². The second-order valence-electron chi connectivity index (χ2n) is 4.91. The minimum atomic E-state index is -0.503. The molecule has 22 heavy (non-hydrogen) atoms. The van der Waals surface area contributed by atoms with Gasteiger partial charge in [-0.2, -0.15) is 0 Å². The quantitative estimate of drug-likeness (QED) is 0.417. The van der Waals surface area contributed by atoms with E-state index in [-0.39, 0.29) is 0 Å². The molecule has 4 nitrogen and oxygen atoms in total. The molecule has 0 spiro atoms. The topological polar surface area (TPSA) is 55.4 Å². The van der Waals surface area contributed by atoms with E-state index in [4.69, 9.17) is 16.3 Å². The molecule has 0 saturated carbocycles. The standard InChI is InChI=1S/C17H22ClNO3/c1-2-3-4-5-6-12-22-17(21)11-10-16(20)19-15-9-7-8-14(18)13-15/h7-11,13H,2-6,12H2,1H3,(H,19,20)/b11-10+. The number of benzene rings is 1. The van der Waals surface area contributed by atoms with Crippen molar-refractivity contribution in [3.05, 3.63) is 41.4 Å². The van der Waals surface area contributed by atoms with Crippen molar-refractivity contribution < 1.29 is 14.3 Å². The number of amides is 1. The Morgan fingerprint density at radius 3 is 2.68 bits per heavy atom. The number of nitrogens with one attached hydrogen (secondary N) is 1. The SMILES string of the molecule is CCCCCCCOC(=O)/C=C/C(=O)Nc1cccc(Cl)c1. The molecule has 120 valence electrons. The lowest BCUT2D eigenvalue weighted by atomic mass is 10.2. The molecule has 0 aliphatic heterocycles. The number of hydrogen-bond donors (Lipinski definition) is 1. The highest BCUT2D eigenvalue weighted by atomic mass is 35.5. The Bertz CT molecular complexity index is 514. The molecule has 5 heteroatoms. The predicted octanol–water partition coefficient (Wildman–Crippen LogP) is 4.35. The van der Waals surface area contributed by atoms with Gasteiger partial charge in [-0.25, -0.2) is 4.79 Å². The van der Waals surface area contributed by atoms with Gasteiger partial charge in [0.2, 0.25) is 5.91 Å². The van der Waals surface area contributed by atoms with Gasteiger partial charge >= 0.3 is 5.97 Å². The first-order valence-electron chi connectivity index (χ1n) is 7.53. The number of anilines is 1. The van der Waals surface area contributed by atoms with E-state index in [1.807, 2.05) is 0 Å². The van der Waals surface area contributed by atoms with Crippen molar-refractivity contribution in [3.8, 4) is 0 Å². The van der Waals surface area contributed by atoms with Crippen LogP contribution in [-0.2, 0) is 14.3 Å². The molecule has 1 aromatic rings. The summed E-state index contributed by atoms with van der Waals surface area (Å²) in [5.41, 5.74) is 0.575. The maximum atomic E-state index is 11.6. The summed E-state index contributed by atoms with van der Waals surface area (Å²) in [5, 5.41) is 3.14. The van der Waals surface area contributed by atoms with Crippen molar-refractivity contribution in [1.82, 2.24) is 0 Å². The van der Waals surface area contributed by atoms with E-state index in [1.54, 1.807) is 24.3 Å². The van der Waals surface area contributed by atoms with Crippen LogP contribution in [0.1, 0.15) is 39.0 Å². The van der Waals surface area contributed by atoms with Gasteiger partial charge in [0.1, 0.15) is 0 Å². The van der Waals surface area contributed by atoms with E-state index in [0.717, 1.165) is 31.4 Å². The Morgan fingerprint density at radius 2 is 1.95 bits per heavy atom. The predicted molar refractivity (Wildman–Crippen MR) is 88.9 cm³/mol. The van der Waals surface area contributed by atoms with Crippen LogP contribution < -0.4 is 5.32 Å². The third-order valence-electron chi connectivity index (χ3n) is 2.96. The molecule has 0 radical (unpaired) electrons. The van der Waals surface area contributed by atoms with Gasteiger partial charge in [0.05, 0.1) is 6.61 Å². The molecule has 0 aromatic heterocycles. The van der Waals surface area contributed by atoms with Crippen molar-refractivity contribution in [2.75, 3.05) is 11.9 Å². The molecule has 0 heterocycles. The van der Waals surface area contributed by atoms with E-state index in [2.05, 4.69) is 12.2 Å². The summed E-state index contributed by atoms with van der Waals surface area (Å²) in [7, 11) is 0. The van der Waals surface area contributed by atoms with Crippen molar-refractivity contribution in [2.24, 2.45) is 0 Å². The summed E-state index contributed by atoms with van der Waals surface area (Å²) in [4.78, 5) is 23.1. The number of rotatable bonds is 9. The van der Waals surface area contributed by atoms with Gasteiger partial charge in [-0.3, -0.25) is 4.79 Å². The van der Waals surface area contributed by atoms with Crippen LogP contribution in [0.3, 0.4) is 0 Å². The average Bonchev–Trinajstić information content (AvgIpc) is 2.49. The van der Waals surface area contributed by atoms with Crippen LogP contribution in [0.15, 0.2) is 36.4 Å². The van der Waals surface area contributed by atoms with Gasteiger partial charge in [-0.05, 0) is 24.6 Å². The molecule has 1 amide bonds. The molecule has 0 aliphatic carbocycles. The number of esters is 1. The fourth-order valence-electron chi connectivity index (χ4n) is 1.82. The molecular weight excluding hydrogens is 302 g/mol. The maximum absolute atomic E-state index is 11.6. The molecule has 0 atom stereocenters. The Morgan fingerprint density at radius 1 is 1.18 bits per heavy atom. The van der Waals surface area contributed by atoms with Crippen molar-refractivity contribution in [1.29, 1.82) is 0 Å². The van der Waals surface area contributed by atoms with Crippen LogP contribution in [0.25, 0.3) is 0 Å². The van der Waals surface area contributed by atoms with E-state index in [1.165, 1.54) is 12.8 Å². The number of carbonyl (C=O) groups excluding carboxylic acids is 2. The molecule has 0 saturated heterocycles. The largest absolute Gasteiger partial charge is 0.463 e. The first kappa shape index (κ1) is 18.2. The molecule has 0 aliphatic rings. The molecule has 0 fully saturated rings. The van der Waals surface area contributed by atoms with Crippen molar-refractivity contribution >= 4 is 29.2 Å². The summed E-state index contributed by atoms with van der Waals surface area (Å²) in [6, 6.07) is 6.79. The summed E-state index contributed by atoms with van der Waals surface area (Å²) >= 11 is 5.81. The number of unbranched alkanes of at least 4 members (excludes halogenated alkanes) is 4. The zero-order valence-electron chi connectivity index (χ0n) is 12.8. The smallest absolute Gasteiger partial charge is 0.330 e. The molecule has 1 aromatic carbocycles. The Hall–Kier alpha value is -1.81. The minimum absolute atomic E-state index is 0.392. The van der Waals surface area contributed by atoms with Crippen molar-refractivity contribution in [2.45, 2.75) is 39.0 Å². The van der Waals surface area contributed by atoms with E-state index in [0.29, 0.717) is 17.3 Å². The highest BCUT2D eigenvalue weighted by Crippen LogP contribution is 2.14. The monoisotopic (exact) mass is 323 g/mol. The zero-order valence-corrected chi connectivity index (χ0v) is 13.6. The fraction of sp³-hybridized carbons (Fsp3) is 0.412. The Labute approximate surface area is 136 Å². The second-order valence-corrected chi connectivity index (χ2v) is 5.35. The van der Waals surface area contributed by atoms with Crippen molar-refractivity contribution in [3.63, 3.8) is 0 Å². The second kappa shape index (κ2) is 10.9. The Kier molecular flexibility index (Phi) is 9.00. The first-order valence-corrected chi connectivity index (χ1v) is 7.91. The molecular formula is C17H22ClNO3. The van der Waals surface area contributed by atoms with Crippen LogP contribution >= 0.6 is 11.6 Å². The Balaban J connectivity index is 2.22.